The van der Waals surface area contributed by atoms with Crippen molar-refractivity contribution in [1.82, 2.24) is 9.80 Å². The zero-order valence-electron chi connectivity index (χ0n) is 17.7. The molecule has 156 valence electrons. The van der Waals surface area contributed by atoms with E-state index >= 15 is 0 Å². The van der Waals surface area contributed by atoms with E-state index in [-0.39, 0.29) is 11.9 Å². The van der Waals surface area contributed by atoms with Gasteiger partial charge in [0.2, 0.25) is 0 Å². The van der Waals surface area contributed by atoms with E-state index in [4.69, 9.17) is 4.74 Å². The summed E-state index contributed by atoms with van der Waals surface area (Å²) >= 11 is 0. The highest BCUT2D eigenvalue weighted by Crippen LogP contribution is 2.19. The molecule has 6 nitrogen and oxygen atoms in total. The second kappa shape index (κ2) is 11.1. The lowest BCUT2D eigenvalue weighted by atomic mass is 10.1. The number of nitrogens with zero attached hydrogens (tertiary/aromatic N) is 2. The van der Waals surface area contributed by atoms with Crippen LogP contribution in [0.1, 0.15) is 50.9 Å². The Hall–Kier alpha value is -2.08. The van der Waals surface area contributed by atoms with Crippen LogP contribution in [0.25, 0.3) is 0 Å². The fourth-order valence-corrected chi connectivity index (χ4v) is 3.05. The van der Waals surface area contributed by atoms with Crippen molar-refractivity contribution < 1.29 is 14.3 Å². The van der Waals surface area contributed by atoms with Gasteiger partial charge in [0.05, 0.1) is 24.5 Å². The number of para-hydroxylation sites is 1. The first kappa shape index (κ1) is 22.2. The molecule has 2 rings (SSSR count). The molecule has 0 aliphatic carbocycles. The number of ether oxygens (including phenoxy) is 1. The lowest BCUT2D eigenvalue weighted by Gasteiger charge is -2.28. The fourth-order valence-electron chi connectivity index (χ4n) is 3.05. The summed E-state index contributed by atoms with van der Waals surface area (Å²) in [6.07, 6.45) is 1.92. The predicted octanol–water partition coefficient (Wildman–Crippen LogP) is 4.09. The standard InChI is InChI=1S/C22H35N3O3/c1-17(2)9-11-25(12-10-18(3)4)22(27)23-20-8-6-5-7-19(20)21(26)24-13-15-28-16-14-24/h5-8,17-18H,9-16H2,1-4H3,(H,23,27). The molecule has 28 heavy (non-hydrogen) atoms. The maximum atomic E-state index is 13.0. The van der Waals surface area contributed by atoms with Crippen LogP contribution < -0.4 is 5.32 Å². The van der Waals surface area contributed by atoms with Gasteiger partial charge in [-0.05, 0) is 36.8 Å². The first-order chi connectivity index (χ1) is 13.4. The first-order valence-corrected chi connectivity index (χ1v) is 10.4. The van der Waals surface area contributed by atoms with Gasteiger partial charge in [0.25, 0.3) is 5.91 Å². The zero-order chi connectivity index (χ0) is 20.5. The van der Waals surface area contributed by atoms with Crippen molar-refractivity contribution in [1.29, 1.82) is 0 Å². The number of carbonyl (C=O) groups is 2. The van der Waals surface area contributed by atoms with Crippen molar-refractivity contribution >= 4 is 17.6 Å². The van der Waals surface area contributed by atoms with Gasteiger partial charge >= 0.3 is 6.03 Å². The van der Waals surface area contributed by atoms with E-state index in [0.29, 0.717) is 49.4 Å². The molecule has 1 aliphatic rings. The van der Waals surface area contributed by atoms with Gasteiger partial charge in [-0.25, -0.2) is 4.79 Å². The lowest BCUT2D eigenvalue weighted by Crippen LogP contribution is -2.41. The summed E-state index contributed by atoms with van der Waals surface area (Å²) in [4.78, 5) is 29.5. The number of morpholine rings is 1. The molecule has 1 N–H and O–H groups in total. The Bertz CT molecular complexity index is 628. The average molecular weight is 390 g/mol. The van der Waals surface area contributed by atoms with Crippen LogP contribution >= 0.6 is 0 Å². The van der Waals surface area contributed by atoms with Gasteiger partial charge in [-0.15, -0.1) is 0 Å². The third kappa shape index (κ3) is 6.82. The van der Waals surface area contributed by atoms with E-state index in [1.54, 1.807) is 17.0 Å². The topological polar surface area (TPSA) is 61.9 Å². The third-order valence-electron chi connectivity index (χ3n) is 4.94. The molecule has 6 heteroatoms. The minimum Gasteiger partial charge on any atom is -0.378 e. The van der Waals surface area contributed by atoms with Crippen molar-refractivity contribution in [3.63, 3.8) is 0 Å². The van der Waals surface area contributed by atoms with Crippen LogP contribution in [-0.2, 0) is 4.74 Å². The van der Waals surface area contributed by atoms with Crippen molar-refractivity contribution in [3.05, 3.63) is 29.8 Å². The van der Waals surface area contributed by atoms with Crippen LogP contribution in [0.15, 0.2) is 24.3 Å². The molecule has 0 aromatic heterocycles. The highest BCUT2D eigenvalue weighted by Gasteiger charge is 2.22. The van der Waals surface area contributed by atoms with Crippen molar-refractivity contribution in [2.24, 2.45) is 11.8 Å². The van der Waals surface area contributed by atoms with Crippen LogP contribution in [0, 0.1) is 11.8 Å². The molecule has 1 fully saturated rings. The lowest BCUT2D eigenvalue weighted by molar-refractivity contribution is 0.0303. The van der Waals surface area contributed by atoms with Gasteiger partial charge in [-0.3, -0.25) is 4.79 Å². The average Bonchev–Trinajstić information content (AvgIpc) is 2.68. The van der Waals surface area contributed by atoms with Crippen LogP contribution in [0.3, 0.4) is 0 Å². The number of rotatable bonds is 8. The largest absolute Gasteiger partial charge is 0.378 e. The smallest absolute Gasteiger partial charge is 0.321 e. The molecule has 0 saturated carbocycles. The number of carbonyl (C=O) groups excluding carboxylic acids is 2. The number of benzene rings is 1. The summed E-state index contributed by atoms with van der Waals surface area (Å²) in [7, 11) is 0. The Morgan fingerprint density at radius 3 is 2.18 bits per heavy atom. The normalized spacial score (nSPS) is 14.4. The van der Waals surface area contributed by atoms with Gasteiger partial charge in [-0.1, -0.05) is 39.8 Å². The number of nitrogens with one attached hydrogen (secondary N) is 1. The van der Waals surface area contributed by atoms with E-state index in [9.17, 15) is 9.59 Å². The molecular formula is C22H35N3O3. The monoisotopic (exact) mass is 389 g/mol. The van der Waals surface area contributed by atoms with Crippen molar-refractivity contribution in [2.45, 2.75) is 40.5 Å². The van der Waals surface area contributed by atoms with E-state index in [2.05, 4.69) is 33.0 Å². The minimum absolute atomic E-state index is 0.0601. The number of hydrogen-bond acceptors (Lipinski definition) is 3. The molecular weight excluding hydrogens is 354 g/mol. The molecule has 0 radical (unpaired) electrons. The Balaban J connectivity index is 2.10. The van der Waals surface area contributed by atoms with Crippen molar-refractivity contribution in [3.8, 4) is 0 Å². The van der Waals surface area contributed by atoms with Crippen LogP contribution in [0.5, 0.6) is 0 Å². The Kier molecular flexibility index (Phi) is 8.77. The first-order valence-electron chi connectivity index (χ1n) is 10.4. The minimum atomic E-state index is -0.136. The molecule has 1 aliphatic heterocycles. The molecule has 0 spiro atoms. The zero-order valence-corrected chi connectivity index (χ0v) is 17.7. The maximum absolute atomic E-state index is 13.0. The highest BCUT2D eigenvalue weighted by atomic mass is 16.5. The number of anilines is 1. The van der Waals surface area contributed by atoms with Gasteiger partial charge < -0.3 is 19.9 Å². The molecule has 1 saturated heterocycles. The summed E-state index contributed by atoms with van der Waals surface area (Å²) in [6.45, 7) is 12.3. The maximum Gasteiger partial charge on any atom is 0.321 e. The summed E-state index contributed by atoms with van der Waals surface area (Å²) in [6, 6.07) is 7.12. The number of amides is 3. The van der Waals surface area contributed by atoms with Gasteiger partial charge in [0.15, 0.2) is 0 Å². The number of hydrogen-bond donors (Lipinski definition) is 1. The molecule has 1 heterocycles. The Morgan fingerprint density at radius 1 is 1.04 bits per heavy atom. The fraction of sp³-hybridized carbons (Fsp3) is 0.636. The molecule has 3 amide bonds. The van der Waals surface area contributed by atoms with Gasteiger partial charge in [0.1, 0.15) is 0 Å². The second-order valence-electron chi connectivity index (χ2n) is 8.23. The van der Waals surface area contributed by atoms with E-state index in [1.807, 2.05) is 17.0 Å². The third-order valence-corrected chi connectivity index (χ3v) is 4.94. The molecule has 1 aromatic carbocycles. The van der Waals surface area contributed by atoms with Crippen LogP contribution in [-0.4, -0.2) is 61.1 Å². The van der Waals surface area contributed by atoms with Crippen LogP contribution in [0.2, 0.25) is 0 Å². The second-order valence-corrected chi connectivity index (χ2v) is 8.23. The van der Waals surface area contributed by atoms with E-state index < -0.39 is 0 Å². The summed E-state index contributed by atoms with van der Waals surface area (Å²) < 4.78 is 5.33. The van der Waals surface area contributed by atoms with Crippen LogP contribution in [0.4, 0.5) is 10.5 Å². The molecule has 1 aromatic rings. The van der Waals surface area contributed by atoms with E-state index in [1.165, 1.54) is 0 Å². The summed E-state index contributed by atoms with van der Waals surface area (Å²) in [5, 5.41) is 2.99. The highest BCUT2D eigenvalue weighted by molar-refractivity contribution is 6.03. The molecule has 0 bridgehead atoms. The van der Waals surface area contributed by atoms with E-state index in [0.717, 1.165) is 25.9 Å². The van der Waals surface area contributed by atoms with Gasteiger partial charge in [-0.2, -0.15) is 0 Å². The summed E-state index contributed by atoms with van der Waals surface area (Å²) in [5.41, 5.74) is 1.11. The molecule has 0 atom stereocenters. The van der Waals surface area contributed by atoms with Gasteiger partial charge in [0, 0.05) is 26.2 Å². The quantitative estimate of drug-likeness (QED) is 0.728. The Labute approximate surface area is 169 Å². The van der Waals surface area contributed by atoms with Crippen molar-refractivity contribution in [2.75, 3.05) is 44.7 Å². The predicted molar refractivity (Wildman–Crippen MR) is 113 cm³/mol. The SMILES string of the molecule is CC(C)CCN(CCC(C)C)C(=O)Nc1ccccc1C(=O)N1CCOCC1. The Morgan fingerprint density at radius 2 is 1.61 bits per heavy atom. The molecule has 0 unspecified atom stereocenters. The number of urea groups is 1. The summed E-state index contributed by atoms with van der Waals surface area (Å²) in [5.74, 6) is 1.00.